The van der Waals surface area contributed by atoms with Crippen LogP contribution in [-0.2, 0) is 4.79 Å². The summed E-state index contributed by atoms with van der Waals surface area (Å²) in [5.74, 6) is 0.538. The lowest BCUT2D eigenvalue weighted by Crippen LogP contribution is -2.56. The van der Waals surface area contributed by atoms with Crippen molar-refractivity contribution in [1.82, 2.24) is 0 Å². The number of carbonyl (C=O) groups is 1. The number of carbonyl (C=O) groups excluding carboxylic acids is 1. The molecule has 0 saturated heterocycles. The molecule has 0 aliphatic heterocycles. The summed E-state index contributed by atoms with van der Waals surface area (Å²) in [6.45, 7) is 8.83. The van der Waals surface area contributed by atoms with E-state index in [2.05, 4.69) is 32.9 Å². The lowest BCUT2D eigenvalue weighted by atomic mass is 9.47. The highest BCUT2D eigenvalue weighted by Crippen LogP contribution is 2.61. The monoisotopic (exact) mass is 301 g/mol. The van der Waals surface area contributed by atoms with Crippen LogP contribution in [0.4, 0.5) is 0 Å². The minimum Gasteiger partial charge on any atom is -0.550 e. The molecule has 0 N–H and O–H groups in total. The molecule has 3 rings (SSSR count). The van der Waals surface area contributed by atoms with Gasteiger partial charge in [0, 0.05) is 11.4 Å². The summed E-state index contributed by atoms with van der Waals surface area (Å²) in [4.78, 5) is 11.8. The summed E-state index contributed by atoms with van der Waals surface area (Å²) in [5, 5.41) is 11.8. The summed E-state index contributed by atoms with van der Waals surface area (Å²) < 4.78 is 0. The third kappa shape index (κ3) is 2.18. The number of hydrogen-bond donors (Lipinski definition) is 0. The van der Waals surface area contributed by atoms with Gasteiger partial charge in [-0.3, -0.25) is 0 Å². The standard InChI is InChI=1S/C20H30O2/c1-13(2)14-6-8-16-15(12-14)7-9-17-19(16,3)10-5-11-20(17,4)18(21)22/h7,12-13,16-17H,5-6,8-11H2,1-4H3,(H,21,22)/p-1/t16-,17+,19-,20-/m1/s1. The molecule has 122 valence electrons. The highest BCUT2D eigenvalue weighted by atomic mass is 16.4. The molecular formula is C20H29O2-. The zero-order chi connectivity index (χ0) is 16.1. The first-order valence-electron chi connectivity index (χ1n) is 8.91. The Bertz CT molecular complexity index is 542. The van der Waals surface area contributed by atoms with Crippen LogP contribution in [0, 0.1) is 28.6 Å². The van der Waals surface area contributed by atoms with Crippen LogP contribution in [0.2, 0.25) is 0 Å². The fourth-order valence-corrected chi connectivity index (χ4v) is 5.59. The van der Waals surface area contributed by atoms with Crippen molar-refractivity contribution in [3.05, 3.63) is 23.3 Å². The molecule has 2 nitrogen and oxygen atoms in total. The van der Waals surface area contributed by atoms with E-state index in [1.165, 1.54) is 18.4 Å². The molecule has 0 radical (unpaired) electrons. The Labute approximate surface area is 134 Å². The molecule has 1 saturated carbocycles. The van der Waals surface area contributed by atoms with Crippen LogP contribution in [0.15, 0.2) is 23.3 Å². The Kier molecular flexibility index (Phi) is 3.78. The molecule has 22 heavy (non-hydrogen) atoms. The molecule has 0 heterocycles. The van der Waals surface area contributed by atoms with E-state index >= 15 is 0 Å². The number of fused-ring (bicyclic) bond motifs is 3. The van der Waals surface area contributed by atoms with Gasteiger partial charge in [-0.15, -0.1) is 0 Å². The van der Waals surface area contributed by atoms with Crippen molar-refractivity contribution < 1.29 is 9.90 Å². The van der Waals surface area contributed by atoms with Crippen molar-refractivity contribution in [3.8, 4) is 0 Å². The SMILES string of the molecule is CC(C)C1=CC2=CC[C@H]3[C@](C)(CCC[C@@]3(C)C(=O)[O-])[C@@H]2CC1. The van der Waals surface area contributed by atoms with Crippen molar-refractivity contribution in [3.63, 3.8) is 0 Å². The van der Waals surface area contributed by atoms with Crippen LogP contribution in [-0.4, -0.2) is 5.97 Å². The van der Waals surface area contributed by atoms with Gasteiger partial charge in [-0.05, 0) is 60.8 Å². The van der Waals surface area contributed by atoms with Gasteiger partial charge in [-0.2, -0.15) is 0 Å². The number of carboxylic acids is 1. The highest BCUT2D eigenvalue weighted by molar-refractivity contribution is 5.73. The van der Waals surface area contributed by atoms with Crippen molar-refractivity contribution >= 4 is 5.97 Å². The first kappa shape index (κ1) is 15.8. The predicted octanol–water partition coefficient (Wildman–Crippen LogP) is 3.87. The fraction of sp³-hybridized carbons (Fsp3) is 0.750. The summed E-state index contributed by atoms with van der Waals surface area (Å²) in [6.07, 6.45) is 11.0. The van der Waals surface area contributed by atoms with E-state index in [4.69, 9.17) is 0 Å². The Hall–Kier alpha value is -1.05. The predicted molar refractivity (Wildman–Crippen MR) is 86.9 cm³/mol. The Balaban J connectivity index is 2.00. The second-order valence-corrected chi connectivity index (χ2v) is 8.52. The van der Waals surface area contributed by atoms with E-state index in [0.29, 0.717) is 11.8 Å². The molecule has 0 amide bonds. The molecule has 0 aromatic carbocycles. The summed E-state index contributed by atoms with van der Waals surface area (Å²) >= 11 is 0. The van der Waals surface area contributed by atoms with E-state index in [-0.39, 0.29) is 11.3 Å². The molecule has 0 aromatic heterocycles. The third-order valence-corrected chi connectivity index (χ3v) is 7.05. The third-order valence-electron chi connectivity index (χ3n) is 7.05. The zero-order valence-electron chi connectivity index (χ0n) is 14.4. The molecule has 0 aromatic rings. The van der Waals surface area contributed by atoms with Gasteiger partial charge in [-0.1, -0.05) is 51.8 Å². The van der Waals surface area contributed by atoms with E-state index in [1.807, 2.05) is 6.92 Å². The largest absolute Gasteiger partial charge is 0.550 e. The van der Waals surface area contributed by atoms with Gasteiger partial charge in [0.05, 0.1) is 0 Å². The van der Waals surface area contributed by atoms with Gasteiger partial charge in [-0.25, -0.2) is 0 Å². The quantitative estimate of drug-likeness (QED) is 0.776. The first-order valence-corrected chi connectivity index (χ1v) is 8.91. The van der Waals surface area contributed by atoms with Crippen molar-refractivity contribution in [2.24, 2.45) is 28.6 Å². The summed E-state index contributed by atoms with van der Waals surface area (Å²) in [5.41, 5.74) is 2.51. The van der Waals surface area contributed by atoms with E-state index in [0.717, 1.165) is 25.7 Å². The number of allylic oxidation sites excluding steroid dienone is 4. The second kappa shape index (κ2) is 5.25. The topological polar surface area (TPSA) is 40.1 Å². The summed E-state index contributed by atoms with van der Waals surface area (Å²) in [6, 6.07) is 0. The van der Waals surface area contributed by atoms with E-state index < -0.39 is 11.4 Å². The Morgan fingerprint density at radius 3 is 2.68 bits per heavy atom. The molecule has 3 aliphatic carbocycles. The van der Waals surface area contributed by atoms with Crippen LogP contribution in [0.1, 0.15) is 66.2 Å². The van der Waals surface area contributed by atoms with Gasteiger partial charge >= 0.3 is 0 Å². The average molecular weight is 301 g/mol. The van der Waals surface area contributed by atoms with Crippen molar-refractivity contribution in [2.45, 2.75) is 66.2 Å². The maximum Gasteiger partial charge on any atom is 0.0476 e. The molecule has 4 atom stereocenters. The minimum absolute atomic E-state index is 0.121. The van der Waals surface area contributed by atoms with Crippen LogP contribution >= 0.6 is 0 Å². The highest BCUT2D eigenvalue weighted by Gasteiger charge is 2.54. The Morgan fingerprint density at radius 1 is 1.32 bits per heavy atom. The van der Waals surface area contributed by atoms with Gasteiger partial charge in [0.2, 0.25) is 0 Å². The zero-order valence-corrected chi connectivity index (χ0v) is 14.4. The number of aliphatic carboxylic acids is 1. The van der Waals surface area contributed by atoms with Gasteiger partial charge in [0.25, 0.3) is 0 Å². The maximum absolute atomic E-state index is 11.8. The average Bonchev–Trinajstić information content (AvgIpc) is 2.46. The summed E-state index contributed by atoms with van der Waals surface area (Å²) in [7, 11) is 0. The van der Waals surface area contributed by atoms with E-state index in [9.17, 15) is 9.90 Å². The molecular weight excluding hydrogens is 272 g/mol. The molecule has 1 fully saturated rings. The van der Waals surface area contributed by atoms with Crippen LogP contribution in [0.3, 0.4) is 0 Å². The number of hydrogen-bond acceptors (Lipinski definition) is 2. The molecule has 3 aliphatic rings. The molecule has 0 unspecified atom stereocenters. The Morgan fingerprint density at radius 2 is 2.05 bits per heavy atom. The number of carboxylic acid groups (broad SMARTS) is 1. The molecule has 2 heteroatoms. The van der Waals surface area contributed by atoms with Gasteiger partial charge in [0.15, 0.2) is 0 Å². The minimum atomic E-state index is -0.838. The lowest BCUT2D eigenvalue weighted by molar-refractivity contribution is -0.326. The second-order valence-electron chi connectivity index (χ2n) is 8.52. The van der Waals surface area contributed by atoms with Gasteiger partial charge < -0.3 is 9.90 Å². The fourth-order valence-electron chi connectivity index (χ4n) is 5.59. The smallest absolute Gasteiger partial charge is 0.0476 e. The van der Waals surface area contributed by atoms with Crippen LogP contribution in [0.25, 0.3) is 0 Å². The van der Waals surface area contributed by atoms with Crippen molar-refractivity contribution in [1.29, 1.82) is 0 Å². The van der Waals surface area contributed by atoms with Crippen LogP contribution < -0.4 is 5.11 Å². The van der Waals surface area contributed by atoms with Crippen molar-refractivity contribution in [2.75, 3.05) is 0 Å². The normalized spacial score (nSPS) is 41.3. The van der Waals surface area contributed by atoms with Gasteiger partial charge in [0.1, 0.15) is 0 Å². The lowest BCUT2D eigenvalue weighted by Gasteiger charge is -2.58. The van der Waals surface area contributed by atoms with Crippen LogP contribution in [0.5, 0.6) is 0 Å². The molecule has 0 spiro atoms. The first-order chi connectivity index (χ1) is 10.3. The maximum atomic E-state index is 11.8. The number of rotatable bonds is 2. The van der Waals surface area contributed by atoms with E-state index in [1.54, 1.807) is 5.57 Å². The molecule has 0 bridgehead atoms.